The molecule has 0 unspecified atom stereocenters. The maximum Gasteiger partial charge on any atom is 0.216 e. The molecule has 168 valence electrons. The normalized spacial score (nSPS) is 14.9. The lowest BCUT2D eigenvalue weighted by Crippen LogP contribution is -2.38. The minimum absolute atomic E-state index is 0.0472. The zero-order valence-corrected chi connectivity index (χ0v) is 18.8. The fourth-order valence-corrected chi connectivity index (χ4v) is 4.61. The number of rotatable bonds is 9. The van der Waals surface area contributed by atoms with Gasteiger partial charge in [0.05, 0.1) is 19.0 Å². The molecule has 0 radical (unpaired) electrons. The van der Waals surface area contributed by atoms with E-state index in [-0.39, 0.29) is 5.75 Å². The lowest BCUT2D eigenvalue weighted by atomic mass is 10.0. The molecule has 4 rings (SSSR count). The number of sulfonamides is 1. The van der Waals surface area contributed by atoms with E-state index >= 15 is 0 Å². The van der Waals surface area contributed by atoms with Crippen LogP contribution in [0.3, 0.4) is 0 Å². The van der Waals surface area contributed by atoms with E-state index in [1.807, 2.05) is 78.9 Å². The molecule has 0 bridgehead atoms. The molecule has 0 aliphatic carbocycles. The van der Waals surface area contributed by atoms with Crippen molar-refractivity contribution in [3.63, 3.8) is 0 Å². The van der Waals surface area contributed by atoms with Crippen molar-refractivity contribution in [3.8, 4) is 16.9 Å². The number of hydrogen-bond donors (Lipinski definition) is 1. The van der Waals surface area contributed by atoms with Crippen LogP contribution in [0.2, 0.25) is 0 Å². The number of ether oxygens (including phenoxy) is 2. The summed E-state index contributed by atoms with van der Waals surface area (Å²) in [7, 11) is -3.41. The maximum atomic E-state index is 12.4. The van der Waals surface area contributed by atoms with Crippen LogP contribution in [0.4, 0.5) is 0 Å². The van der Waals surface area contributed by atoms with Crippen LogP contribution in [-0.4, -0.2) is 46.4 Å². The number of nitrogens with one attached hydrogen (secondary N) is 1. The Morgan fingerprint density at radius 3 is 2.09 bits per heavy atom. The minimum Gasteiger partial charge on any atom is -0.478 e. The Morgan fingerprint density at radius 1 is 0.812 bits per heavy atom. The molecule has 1 N–H and O–H groups in total. The first-order chi connectivity index (χ1) is 15.6. The Kier molecular flexibility index (Phi) is 7.55. The van der Waals surface area contributed by atoms with Crippen LogP contribution in [0.15, 0.2) is 78.9 Å². The van der Waals surface area contributed by atoms with Crippen LogP contribution in [0.1, 0.15) is 11.1 Å². The summed E-state index contributed by atoms with van der Waals surface area (Å²) >= 11 is 0. The van der Waals surface area contributed by atoms with Gasteiger partial charge in [0.15, 0.2) is 0 Å². The molecule has 1 saturated heterocycles. The molecule has 1 aliphatic heterocycles. The van der Waals surface area contributed by atoms with Crippen LogP contribution >= 0.6 is 0 Å². The number of morpholine rings is 1. The number of nitrogens with zero attached hydrogens (tertiary/aromatic N) is 1. The van der Waals surface area contributed by atoms with E-state index in [0.717, 1.165) is 54.3 Å². The van der Waals surface area contributed by atoms with E-state index < -0.39 is 10.0 Å². The van der Waals surface area contributed by atoms with Gasteiger partial charge in [-0.05, 0) is 34.4 Å². The summed E-state index contributed by atoms with van der Waals surface area (Å²) in [6, 6.07) is 25.1. The van der Waals surface area contributed by atoms with Gasteiger partial charge in [-0.25, -0.2) is 13.1 Å². The summed E-state index contributed by atoms with van der Waals surface area (Å²) in [6.45, 7) is 4.14. The Hall–Kier alpha value is -2.71. The molecule has 3 aromatic carbocycles. The first kappa shape index (κ1) is 22.5. The molecule has 1 fully saturated rings. The lowest BCUT2D eigenvalue weighted by molar-refractivity contribution is 0.00408. The maximum absolute atomic E-state index is 12.4. The summed E-state index contributed by atoms with van der Waals surface area (Å²) in [6.07, 6.45) is 0. The zero-order chi connectivity index (χ0) is 22.2. The molecule has 1 aliphatic rings. The third-order valence-corrected chi connectivity index (χ3v) is 6.65. The molecular formula is C25H28N2O4S. The molecule has 0 aromatic heterocycles. The highest BCUT2D eigenvalue weighted by Crippen LogP contribution is 2.23. The van der Waals surface area contributed by atoms with Crippen molar-refractivity contribution >= 4 is 10.0 Å². The molecule has 0 amide bonds. The highest BCUT2D eigenvalue weighted by molar-refractivity contribution is 7.88. The van der Waals surface area contributed by atoms with Crippen molar-refractivity contribution < 1.29 is 17.9 Å². The van der Waals surface area contributed by atoms with Gasteiger partial charge in [0.25, 0.3) is 0 Å². The fourth-order valence-electron chi connectivity index (χ4n) is 3.49. The standard InChI is InChI=1S/C25H28N2O4S/c28-32(29,26-18-21-4-2-1-3-5-21)19-22-6-8-23(9-7-22)24-10-12-25(13-11-24)31-20-27-14-16-30-17-15-27/h1-13,26H,14-20H2. The van der Waals surface area contributed by atoms with Crippen molar-refractivity contribution in [2.24, 2.45) is 0 Å². The SMILES string of the molecule is O=S(=O)(Cc1ccc(-c2ccc(OCN3CCOCC3)cc2)cc1)NCc1ccccc1. The van der Waals surface area contributed by atoms with E-state index in [1.165, 1.54) is 0 Å². The van der Waals surface area contributed by atoms with E-state index in [4.69, 9.17) is 9.47 Å². The van der Waals surface area contributed by atoms with Gasteiger partial charge in [-0.3, -0.25) is 4.90 Å². The zero-order valence-electron chi connectivity index (χ0n) is 17.9. The Balaban J connectivity index is 1.30. The van der Waals surface area contributed by atoms with Gasteiger partial charge in [-0.1, -0.05) is 66.7 Å². The molecule has 3 aromatic rings. The minimum atomic E-state index is -3.41. The van der Waals surface area contributed by atoms with E-state index in [1.54, 1.807) is 0 Å². The average Bonchev–Trinajstić information content (AvgIpc) is 2.84. The smallest absolute Gasteiger partial charge is 0.216 e. The number of hydrogen-bond acceptors (Lipinski definition) is 5. The summed E-state index contributed by atoms with van der Waals surface area (Å²) in [4.78, 5) is 2.22. The van der Waals surface area contributed by atoms with Crippen LogP contribution < -0.4 is 9.46 Å². The van der Waals surface area contributed by atoms with Crippen LogP contribution in [-0.2, 0) is 27.1 Å². The van der Waals surface area contributed by atoms with Gasteiger partial charge in [-0.15, -0.1) is 0 Å². The highest BCUT2D eigenvalue weighted by Gasteiger charge is 2.12. The molecule has 6 nitrogen and oxygen atoms in total. The molecule has 7 heteroatoms. The summed E-state index contributed by atoms with van der Waals surface area (Å²) in [5.74, 6) is 0.779. The summed E-state index contributed by atoms with van der Waals surface area (Å²) in [5, 5.41) is 0. The third kappa shape index (κ3) is 6.64. The second-order valence-electron chi connectivity index (χ2n) is 7.79. The topological polar surface area (TPSA) is 67.9 Å². The van der Waals surface area contributed by atoms with Crippen molar-refractivity contribution in [3.05, 3.63) is 90.0 Å². The second-order valence-corrected chi connectivity index (χ2v) is 9.60. The largest absolute Gasteiger partial charge is 0.478 e. The van der Waals surface area contributed by atoms with Gasteiger partial charge < -0.3 is 9.47 Å². The van der Waals surface area contributed by atoms with Gasteiger partial charge in [0, 0.05) is 19.6 Å². The average molecular weight is 453 g/mol. The first-order valence-electron chi connectivity index (χ1n) is 10.7. The summed E-state index contributed by atoms with van der Waals surface area (Å²) in [5.41, 5.74) is 3.77. The summed E-state index contributed by atoms with van der Waals surface area (Å²) < 4.78 is 38.7. The van der Waals surface area contributed by atoms with Gasteiger partial charge in [0.1, 0.15) is 12.5 Å². The fraction of sp³-hybridized carbons (Fsp3) is 0.280. The van der Waals surface area contributed by atoms with Crippen molar-refractivity contribution in [2.75, 3.05) is 33.0 Å². The highest BCUT2D eigenvalue weighted by atomic mass is 32.2. The molecule has 1 heterocycles. The van der Waals surface area contributed by atoms with Crippen molar-refractivity contribution in [2.45, 2.75) is 12.3 Å². The third-order valence-electron chi connectivity index (χ3n) is 5.35. The van der Waals surface area contributed by atoms with Crippen LogP contribution in [0.5, 0.6) is 5.75 Å². The van der Waals surface area contributed by atoms with E-state index in [2.05, 4.69) is 9.62 Å². The lowest BCUT2D eigenvalue weighted by Gasteiger charge is -2.26. The van der Waals surface area contributed by atoms with E-state index in [0.29, 0.717) is 13.3 Å². The predicted octanol–water partition coefficient (Wildman–Crippen LogP) is 3.64. The molecule has 32 heavy (non-hydrogen) atoms. The van der Waals surface area contributed by atoms with Crippen molar-refractivity contribution in [1.29, 1.82) is 0 Å². The van der Waals surface area contributed by atoms with Crippen LogP contribution in [0, 0.1) is 0 Å². The molecular weight excluding hydrogens is 424 g/mol. The molecule has 0 spiro atoms. The Bertz CT molecular complexity index is 1080. The second kappa shape index (κ2) is 10.7. The van der Waals surface area contributed by atoms with Gasteiger partial charge >= 0.3 is 0 Å². The van der Waals surface area contributed by atoms with Gasteiger partial charge in [-0.2, -0.15) is 0 Å². The Morgan fingerprint density at radius 2 is 1.44 bits per heavy atom. The first-order valence-corrected chi connectivity index (χ1v) is 12.4. The van der Waals surface area contributed by atoms with Crippen LogP contribution in [0.25, 0.3) is 11.1 Å². The molecule has 0 saturated carbocycles. The van der Waals surface area contributed by atoms with Gasteiger partial charge in [0.2, 0.25) is 10.0 Å². The molecule has 0 atom stereocenters. The number of benzene rings is 3. The predicted molar refractivity (Wildman–Crippen MR) is 126 cm³/mol. The quantitative estimate of drug-likeness (QED) is 0.537. The Labute approximate surface area is 189 Å². The van der Waals surface area contributed by atoms with Crippen molar-refractivity contribution in [1.82, 2.24) is 9.62 Å². The monoisotopic (exact) mass is 452 g/mol. The van der Waals surface area contributed by atoms with E-state index in [9.17, 15) is 8.42 Å².